The number of rotatable bonds is 5. The van der Waals surface area contributed by atoms with Crippen molar-refractivity contribution in [3.8, 4) is 0 Å². The molecule has 2 unspecified atom stereocenters. The largest absolute Gasteiger partial charge is 0.397 e. The molecule has 0 bridgehead atoms. The van der Waals surface area contributed by atoms with Gasteiger partial charge in [0.2, 0.25) is 10.0 Å². The second-order valence-electron chi connectivity index (χ2n) is 5.86. The van der Waals surface area contributed by atoms with Gasteiger partial charge in [0.15, 0.2) is 0 Å². The molecule has 2 rings (SSSR count). The molecule has 0 aliphatic heterocycles. The van der Waals surface area contributed by atoms with Crippen LogP contribution in [0.2, 0.25) is 0 Å². The van der Waals surface area contributed by atoms with E-state index in [2.05, 4.69) is 11.8 Å². The number of hydrogen-bond acceptors (Lipinski definition) is 4. The van der Waals surface area contributed by atoms with Crippen LogP contribution in [0.3, 0.4) is 0 Å². The monoisotopic (exact) mass is 297 g/mol. The van der Waals surface area contributed by atoms with Crippen LogP contribution in [0.1, 0.15) is 13.3 Å². The molecule has 0 saturated heterocycles. The van der Waals surface area contributed by atoms with Gasteiger partial charge in [0.1, 0.15) is 0 Å². The molecule has 1 aromatic rings. The van der Waals surface area contributed by atoms with E-state index in [1.54, 1.807) is 12.1 Å². The summed E-state index contributed by atoms with van der Waals surface area (Å²) >= 11 is 0. The van der Waals surface area contributed by atoms with Gasteiger partial charge in [-0.15, -0.1) is 0 Å². The Hall–Kier alpha value is -1.27. The molecule has 112 valence electrons. The first-order valence-electron chi connectivity index (χ1n) is 6.76. The van der Waals surface area contributed by atoms with Gasteiger partial charge in [0.05, 0.1) is 16.3 Å². The Kier molecular flexibility index (Phi) is 3.97. The van der Waals surface area contributed by atoms with Crippen molar-refractivity contribution in [1.82, 2.24) is 4.31 Å². The van der Waals surface area contributed by atoms with Crippen LogP contribution in [-0.2, 0) is 10.0 Å². The predicted molar refractivity (Wildman–Crippen MR) is 82.3 cm³/mol. The summed E-state index contributed by atoms with van der Waals surface area (Å²) in [6.07, 6.45) is 1.26. The third-order valence-corrected chi connectivity index (χ3v) is 5.78. The Balaban J connectivity index is 2.21. The van der Waals surface area contributed by atoms with Crippen LogP contribution in [0.4, 0.5) is 11.4 Å². The van der Waals surface area contributed by atoms with Crippen molar-refractivity contribution in [3.05, 3.63) is 18.2 Å². The van der Waals surface area contributed by atoms with Crippen molar-refractivity contribution in [3.63, 3.8) is 0 Å². The van der Waals surface area contributed by atoms with Gasteiger partial charge in [-0.1, -0.05) is 6.92 Å². The fourth-order valence-electron chi connectivity index (χ4n) is 2.36. The van der Waals surface area contributed by atoms with Crippen molar-refractivity contribution in [2.24, 2.45) is 11.8 Å². The molecular formula is C14H23N3O2S. The maximum atomic E-state index is 12.1. The fraction of sp³-hybridized carbons (Fsp3) is 0.571. The second-order valence-corrected chi connectivity index (χ2v) is 8.01. The Bertz CT molecular complexity index is 598. The van der Waals surface area contributed by atoms with Crippen LogP contribution < -0.4 is 10.6 Å². The van der Waals surface area contributed by atoms with Gasteiger partial charge >= 0.3 is 0 Å². The van der Waals surface area contributed by atoms with Crippen LogP contribution in [0.5, 0.6) is 0 Å². The van der Waals surface area contributed by atoms with Gasteiger partial charge in [-0.2, -0.15) is 0 Å². The van der Waals surface area contributed by atoms with E-state index in [0.29, 0.717) is 5.69 Å². The molecule has 1 saturated carbocycles. The third kappa shape index (κ3) is 2.91. The van der Waals surface area contributed by atoms with E-state index in [1.807, 2.05) is 7.05 Å². The Labute approximate surface area is 121 Å². The quantitative estimate of drug-likeness (QED) is 0.839. The summed E-state index contributed by atoms with van der Waals surface area (Å²) < 4.78 is 25.3. The van der Waals surface area contributed by atoms with Crippen molar-refractivity contribution in [2.45, 2.75) is 18.2 Å². The highest BCUT2D eigenvalue weighted by Gasteiger charge is 2.33. The summed E-state index contributed by atoms with van der Waals surface area (Å²) in [4.78, 5) is 2.34. The van der Waals surface area contributed by atoms with Gasteiger partial charge in [0.25, 0.3) is 0 Å². The maximum Gasteiger partial charge on any atom is 0.242 e. The molecular weight excluding hydrogens is 274 g/mol. The summed E-state index contributed by atoms with van der Waals surface area (Å²) in [7, 11) is 1.60. The highest BCUT2D eigenvalue weighted by molar-refractivity contribution is 7.89. The predicted octanol–water partition coefficient (Wildman–Crippen LogP) is 1.61. The Morgan fingerprint density at radius 2 is 1.90 bits per heavy atom. The Morgan fingerprint density at radius 1 is 1.30 bits per heavy atom. The SMILES string of the molecule is CC1CC1CN(C)c1ccc(S(=O)(=O)N(C)C)cc1N. The van der Waals surface area contributed by atoms with Crippen LogP contribution in [0, 0.1) is 11.8 Å². The highest BCUT2D eigenvalue weighted by atomic mass is 32.2. The van der Waals surface area contributed by atoms with E-state index in [-0.39, 0.29) is 4.90 Å². The van der Waals surface area contributed by atoms with Gasteiger partial charge < -0.3 is 10.6 Å². The fourth-order valence-corrected chi connectivity index (χ4v) is 3.29. The zero-order chi connectivity index (χ0) is 15.1. The standard InChI is InChI=1S/C14H23N3O2S/c1-10-7-11(10)9-17(4)14-6-5-12(8-13(14)15)20(18,19)16(2)3/h5-6,8,10-11H,7,9,15H2,1-4H3. The van der Waals surface area contributed by atoms with Crippen LogP contribution >= 0.6 is 0 Å². The molecule has 2 atom stereocenters. The lowest BCUT2D eigenvalue weighted by molar-refractivity contribution is 0.521. The molecule has 0 aromatic heterocycles. The molecule has 5 nitrogen and oxygen atoms in total. The minimum Gasteiger partial charge on any atom is -0.397 e. The minimum atomic E-state index is -3.43. The topological polar surface area (TPSA) is 66.6 Å². The molecule has 2 N–H and O–H groups in total. The van der Waals surface area contributed by atoms with Crippen LogP contribution in [0.15, 0.2) is 23.1 Å². The van der Waals surface area contributed by atoms with Gasteiger partial charge in [-0.05, 0) is 36.5 Å². The Morgan fingerprint density at radius 3 is 2.35 bits per heavy atom. The molecule has 1 aliphatic carbocycles. The number of hydrogen-bond donors (Lipinski definition) is 1. The van der Waals surface area contributed by atoms with Crippen molar-refractivity contribution >= 4 is 21.4 Å². The van der Waals surface area contributed by atoms with Gasteiger partial charge in [-0.3, -0.25) is 0 Å². The highest BCUT2D eigenvalue weighted by Crippen LogP contribution is 2.39. The summed E-state index contributed by atoms with van der Waals surface area (Å²) in [6, 6.07) is 4.95. The number of benzene rings is 1. The average molecular weight is 297 g/mol. The average Bonchev–Trinajstić information content (AvgIpc) is 3.04. The molecule has 0 spiro atoms. The normalized spacial score (nSPS) is 22.1. The lowest BCUT2D eigenvalue weighted by Gasteiger charge is -2.22. The van der Waals surface area contributed by atoms with E-state index in [9.17, 15) is 8.42 Å². The van der Waals surface area contributed by atoms with E-state index in [0.717, 1.165) is 24.1 Å². The summed E-state index contributed by atoms with van der Waals surface area (Å²) in [5, 5.41) is 0. The number of sulfonamides is 1. The number of nitrogens with zero attached hydrogens (tertiary/aromatic N) is 2. The van der Waals surface area contributed by atoms with Crippen LogP contribution in [-0.4, -0.2) is 40.4 Å². The maximum absolute atomic E-state index is 12.1. The lowest BCUT2D eigenvalue weighted by Crippen LogP contribution is -2.24. The smallest absolute Gasteiger partial charge is 0.242 e. The molecule has 0 heterocycles. The van der Waals surface area contributed by atoms with E-state index in [4.69, 9.17) is 5.73 Å². The first kappa shape index (κ1) is 15.1. The molecule has 6 heteroatoms. The zero-order valence-corrected chi connectivity index (χ0v) is 13.3. The van der Waals surface area contributed by atoms with E-state index >= 15 is 0 Å². The molecule has 1 fully saturated rings. The molecule has 1 aliphatic rings. The second kappa shape index (κ2) is 5.26. The summed E-state index contributed by atoms with van der Waals surface area (Å²) in [6.45, 7) is 3.21. The molecule has 0 radical (unpaired) electrons. The lowest BCUT2D eigenvalue weighted by atomic mass is 10.2. The first-order valence-corrected chi connectivity index (χ1v) is 8.20. The van der Waals surface area contributed by atoms with Crippen LogP contribution in [0.25, 0.3) is 0 Å². The molecule has 20 heavy (non-hydrogen) atoms. The van der Waals surface area contributed by atoms with E-state index < -0.39 is 10.0 Å². The zero-order valence-electron chi connectivity index (χ0n) is 12.5. The number of nitrogen functional groups attached to an aromatic ring is 1. The minimum absolute atomic E-state index is 0.233. The van der Waals surface area contributed by atoms with Gasteiger partial charge in [0, 0.05) is 27.7 Å². The molecule has 0 amide bonds. The van der Waals surface area contributed by atoms with Crippen molar-refractivity contribution < 1.29 is 8.42 Å². The van der Waals surface area contributed by atoms with Gasteiger partial charge in [-0.25, -0.2) is 12.7 Å². The third-order valence-electron chi connectivity index (χ3n) is 3.97. The number of nitrogens with two attached hydrogens (primary N) is 1. The first-order chi connectivity index (χ1) is 9.23. The van der Waals surface area contributed by atoms with E-state index in [1.165, 1.54) is 30.9 Å². The molecule has 1 aromatic carbocycles. The summed E-state index contributed by atoms with van der Waals surface area (Å²) in [5.41, 5.74) is 7.42. The summed E-state index contributed by atoms with van der Waals surface area (Å²) in [5.74, 6) is 1.51. The van der Waals surface area contributed by atoms with Crippen molar-refractivity contribution in [1.29, 1.82) is 0 Å². The number of anilines is 2. The van der Waals surface area contributed by atoms with Crippen molar-refractivity contribution in [2.75, 3.05) is 38.3 Å².